The molecule has 1 fully saturated rings. The maximum absolute atomic E-state index is 13.0. The molecular weight excluding hydrogens is 470 g/mol. The number of nitrogens with one attached hydrogen (secondary N) is 2. The van der Waals surface area contributed by atoms with Gasteiger partial charge in [-0.1, -0.05) is 31.7 Å². The molecule has 1 unspecified atom stereocenters. The molecule has 0 spiro atoms. The zero-order valence-electron chi connectivity index (χ0n) is 20.0. The van der Waals surface area contributed by atoms with Crippen LogP contribution in [-0.2, 0) is 19.2 Å². The van der Waals surface area contributed by atoms with Crippen molar-refractivity contribution < 1.29 is 38.6 Å². The summed E-state index contributed by atoms with van der Waals surface area (Å²) in [5.74, 6) is -3.06. The number of fused-ring (bicyclic) bond motifs is 1. The fraction of sp³-hybridized carbons (Fsp3) is 0.520. The van der Waals surface area contributed by atoms with Crippen LogP contribution in [0.15, 0.2) is 18.2 Å². The van der Waals surface area contributed by atoms with E-state index in [1.807, 2.05) is 0 Å². The van der Waals surface area contributed by atoms with Gasteiger partial charge in [0.05, 0.1) is 17.7 Å². The molecule has 2 aliphatic rings. The van der Waals surface area contributed by atoms with Gasteiger partial charge in [0.1, 0.15) is 18.4 Å². The Kier molecular flexibility index (Phi) is 9.54. The first kappa shape index (κ1) is 26.8. The molecule has 194 valence electrons. The second-order valence-corrected chi connectivity index (χ2v) is 8.84. The summed E-state index contributed by atoms with van der Waals surface area (Å²) in [5, 5.41) is 13.5. The number of ether oxygens (including phenoxy) is 1. The smallest absolute Gasteiger partial charge is 0.303 e. The van der Waals surface area contributed by atoms with Gasteiger partial charge in [-0.2, -0.15) is 0 Å². The molecule has 0 aromatic heterocycles. The van der Waals surface area contributed by atoms with Crippen LogP contribution in [0, 0.1) is 0 Å². The highest BCUT2D eigenvalue weighted by molar-refractivity contribution is 6.24. The highest BCUT2D eigenvalue weighted by atomic mass is 16.5. The SMILES string of the molecule is O=C(O)CCCCCCCCC(=O)NCCOc1cccc2c1C(=O)N(C1CCC(=O)NC1=O)C2=O. The van der Waals surface area contributed by atoms with Crippen molar-refractivity contribution in [3.05, 3.63) is 29.3 Å². The number of unbranched alkanes of at least 4 members (excludes halogenated alkanes) is 5. The Morgan fingerprint density at radius 1 is 1.00 bits per heavy atom. The van der Waals surface area contributed by atoms with Gasteiger partial charge >= 0.3 is 5.97 Å². The zero-order valence-corrected chi connectivity index (χ0v) is 20.0. The molecule has 3 N–H and O–H groups in total. The molecule has 1 aromatic rings. The van der Waals surface area contributed by atoms with Crippen LogP contribution in [0.2, 0.25) is 0 Å². The van der Waals surface area contributed by atoms with Crippen LogP contribution in [0.25, 0.3) is 0 Å². The first-order valence-electron chi connectivity index (χ1n) is 12.3. The fourth-order valence-electron chi connectivity index (χ4n) is 4.31. The number of benzene rings is 1. The maximum Gasteiger partial charge on any atom is 0.303 e. The number of rotatable bonds is 14. The predicted molar refractivity (Wildman–Crippen MR) is 126 cm³/mol. The van der Waals surface area contributed by atoms with Crippen molar-refractivity contribution in [1.82, 2.24) is 15.5 Å². The van der Waals surface area contributed by atoms with Crippen LogP contribution in [0.3, 0.4) is 0 Å². The first-order valence-corrected chi connectivity index (χ1v) is 12.3. The van der Waals surface area contributed by atoms with E-state index in [1.54, 1.807) is 12.1 Å². The van der Waals surface area contributed by atoms with Gasteiger partial charge in [-0.25, -0.2) is 0 Å². The molecule has 1 aromatic carbocycles. The van der Waals surface area contributed by atoms with Crippen molar-refractivity contribution in [2.45, 2.75) is 70.3 Å². The molecule has 3 rings (SSSR count). The number of piperidine rings is 1. The standard InChI is InChI=1S/C25H31N3O8/c29-19(10-5-3-1-2-4-6-11-21(31)32)26-14-15-36-18-9-7-8-16-22(18)25(35)28(24(16)34)17-12-13-20(30)27-23(17)33/h7-9,17H,1-6,10-15H2,(H,26,29)(H,31,32)(H,27,30,33). The third-order valence-electron chi connectivity index (χ3n) is 6.16. The monoisotopic (exact) mass is 501 g/mol. The van der Waals surface area contributed by atoms with E-state index in [1.165, 1.54) is 6.07 Å². The number of carboxylic acid groups (broad SMARTS) is 1. The van der Waals surface area contributed by atoms with Crippen LogP contribution in [0.4, 0.5) is 0 Å². The minimum absolute atomic E-state index is 0.0413. The molecule has 0 bridgehead atoms. The number of aliphatic carboxylic acids is 1. The molecule has 1 atom stereocenters. The third kappa shape index (κ3) is 6.89. The lowest BCUT2D eigenvalue weighted by molar-refractivity contribution is -0.138. The van der Waals surface area contributed by atoms with Gasteiger partial charge in [-0.3, -0.25) is 39.0 Å². The van der Waals surface area contributed by atoms with Gasteiger partial charge in [0.25, 0.3) is 11.8 Å². The van der Waals surface area contributed by atoms with Crippen molar-refractivity contribution in [1.29, 1.82) is 0 Å². The van der Waals surface area contributed by atoms with Gasteiger partial charge < -0.3 is 15.2 Å². The molecule has 2 aliphatic heterocycles. The van der Waals surface area contributed by atoms with Crippen LogP contribution in [0.1, 0.15) is 84.9 Å². The number of imide groups is 2. The Labute approximate surface area is 208 Å². The molecule has 1 saturated heterocycles. The number of carboxylic acids is 1. The summed E-state index contributed by atoms with van der Waals surface area (Å²) >= 11 is 0. The molecule has 11 nitrogen and oxygen atoms in total. The second kappa shape index (κ2) is 12.8. The Morgan fingerprint density at radius 3 is 2.39 bits per heavy atom. The minimum atomic E-state index is -1.05. The zero-order chi connectivity index (χ0) is 26.1. The summed E-state index contributed by atoms with van der Waals surface area (Å²) in [4.78, 5) is 72.8. The van der Waals surface area contributed by atoms with Gasteiger partial charge in [0.15, 0.2) is 0 Å². The first-order chi connectivity index (χ1) is 17.3. The molecule has 2 heterocycles. The largest absolute Gasteiger partial charge is 0.491 e. The Morgan fingerprint density at radius 2 is 1.69 bits per heavy atom. The van der Waals surface area contributed by atoms with E-state index < -0.39 is 35.6 Å². The Hall–Kier alpha value is -3.76. The van der Waals surface area contributed by atoms with Gasteiger partial charge in [-0.15, -0.1) is 0 Å². The minimum Gasteiger partial charge on any atom is -0.491 e. The number of carbonyl (C=O) groups is 6. The lowest BCUT2D eigenvalue weighted by Crippen LogP contribution is -2.54. The Bertz CT molecular complexity index is 1040. The van der Waals surface area contributed by atoms with Crippen LogP contribution < -0.4 is 15.4 Å². The lowest BCUT2D eigenvalue weighted by Gasteiger charge is -2.27. The number of carbonyl (C=O) groups excluding carboxylic acids is 5. The van der Waals surface area contributed by atoms with Crippen molar-refractivity contribution in [2.75, 3.05) is 13.2 Å². The number of nitrogens with zero attached hydrogens (tertiary/aromatic N) is 1. The molecule has 36 heavy (non-hydrogen) atoms. The molecule has 0 saturated carbocycles. The summed E-state index contributed by atoms with van der Waals surface area (Å²) in [6.07, 6.45) is 5.78. The van der Waals surface area contributed by atoms with E-state index in [0.29, 0.717) is 12.8 Å². The molecule has 0 radical (unpaired) electrons. The predicted octanol–water partition coefficient (Wildman–Crippen LogP) is 1.79. The number of amides is 5. The average molecular weight is 502 g/mol. The van der Waals surface area contributed by atoms with Crippen LogP contribution in [0.5, 0.6) is 5.75 Å². The van der Waals surface area contributed by atoms with E-state index in [0.717, 1.165) is 37.0 Å². The summed E-state index contributed by atoms with van der Waals surface area (Å²) in [6, 6.07) is 3.57. The summed E-state index contributed by atoms with van der Waals surface area (Å²) in [6.45, 7) is 0.308. The van der Waals surface area contributed by atoms with Crippen LogP contribution >= 0.6 is 0 Å². The summed E-state index contributed by atoms with van der Waals surface area (Å²) < 4.78 is 5.68. The molecule has 11 heteroatoms. The quantitative estimate of drug-likeness (QED) is 0.257. The van der Waals surface area contributed by atoms with E-state index in [4.69, 9.17) is 9.84 Å². The van der Waals surface area contributed by atoms with Crippen molar-refractivity contribution >= 4 is 35.5 Å². The third-order valence-corrected chi connectivity index (χ3v) is 6.16. The molecular formula is C25H31N3O8. The van der Waals surface area contributed by atoms with Crippen molar-refractivity contribution in [3.63, 3.8) is 0 Å². The normalized spacial score (nSPS) is 17.1. The van der Waals surface area contributed by atoms with Gasteiger partial charge in [0, 0.05) is 19.3 Å². The van der Waals surface area contributed by atoms with Crippen LogP contribution in [-0.4, -0.2) is 64.7 Å². The summed E-state index contributed by atoms with van der Waals surface area (Å²) in [5.41, 5.74) is 0.205. The van der Waals surface area contributed by atoms with E-state index in [9.17, 15) is 28.8 Å². The molecule has 0 aliphatic carbocycles. The highest BCUT2D eigenvalue weighted by Crippen LogP contribution is 2.33. The van der Waals surface area contributed by atoms with E-state index in [2.05, 4.69) is 10.6 Å². The Balaban J connectivity index is 1.40. The fourth-order valence-corrected chi connectivity index (χ4v) is 4.31. The number of hydrogen-bond donors (Lipinski definition) is 3. The highest BCUT2D eigenvalue weighted by Gasteiger charge is 2.45. The number of hydrogen-bond acceptors (Lipinski definition) is 7. The van der Waals surface area contributed by atoms with Crippen molar-refractivity contribution in [3.8, 4) is 5.75 Å². The van der Waals surface area contributed by atoms with Crippen molar-refractivity contribution in [2.24, 2.45) is 0 Å². The summed E-state index contributed by atoms with van der Waals surface area (Å²) in [7, 11) is 0. The van der Waals surface area contributed by atoms with Gasteiger partial charge in [0.2, 0.25) is 17.7 Å². The topological polar surface area (TPSA) is 159 Å². The average Bonchev–Trinajstić information content (AvgIpc) is 3.09. The lowest BCUT2D eigenvalue weighted by atomic mass is 10.0. The van der Waals surface area contributed by atoms with Gasteiger partial charge in [-0.05, 0) is 31.4 Å². The maximum atomic E-state index is 13.0. The second-order valence-electron chi connectivity index (χ2n) is 8.84. The van der Waals surface area contributed by atoms with E-state index in [-0.39, 0.29) is 55.2 Å². The molecule has 5 amide bonds. The van der Waals surface area contributed by atoms with E-state index >= 15 is 0 Å².